The minimum absolute atomic E-state index is 0.0495. The van der Waals surface area contributed by atoms with Gasteiger partial charge in [0.1, 0.15) is 5.82 Å². The zero-order valence-electron chi connectivity index (χ0n) is 12.1. The maximum atomic E-state index is 12.8. The second-order valence-electron chi connectivity index (χ2n) is 5.55. The molecule has 0 radical (unpaired) electrons. The van der Waals surface area contributed by atoms with E-state index in [4.69, 9.17) is 0 Å². The lowest BCUT2D eigenvalue weighted by Gasteiger charge is -2.41. The molecule has 0 saturated carbocycles. The van der Waals surface area contributed by atoms with Gasteiger partial charge in [0.25, 0.3) is 0 Å². The highest BCUT2D eigenvalue weighted by atomic mass is 19.4. The van der Waals surface area contributed by atoms with Gasteiger partial charge >= 0.3 is 6.18 Å². The topological polar surface area (TPSA) is 39.6 Å². The van der Waals surface area contributed by atoms with E-state index in [0.29, 0.717) is 32.0 Å². The summed E-state index contributed by atoms with van der Waals surface area (Å²) in [6.07, 6.45) is -3.56. The van der Waals surface area contributed by atoms with Crippen LogP contribution in [-0.4, -0.2) is 53.3 Å². The van der Waals surface area contributed by atoms with Crippen LogP contribution in [0.4, 0.5) is 19.0 Å². The maximum absolute atomic E-state index is 12.8. The molecular formula is C14H20F3N3O. The Bertz CT molecular complexity index is 479. The fraction of sp³-hybridized carbons (Fsp3) is 0.643. The minimum atomic E-state index is -4.35. The molecule has 1 aromatic rings. The first kappa shape index (κ1) is 16.0. The first-order valence-electron chi connectivity index (χ1n) is 6.97. The summed E-state index contributed by atoms with van der Waals surface area (Å²) in [4.78, 5) is 8.06. The maximum Gasteiger partial charge on any atom is 0.416 e. The van der Waals surface area contributed by atoms with Crippen molar-refractivity contribution < 1.29 is 18.3 Å². The van der Waals surface area contributed by atoms with Crippen LogP contribution in [-0.2, 0) is 6.18 Å². The number of hydrogen-bond donors (Lipinski definition) is 1. The molecule has 2 heterocycles. The molecule has 1 saturated heterocycles. The Morgan fingerprint density at radius 1 is 1.43 bits per heavy atom. The highest BCUT2D eigenvalue weighted by Crippen LogP contribution is 2.31. The summed E-state index contributed by atoms with van der Waals surface area (Å²) in [6, 6.07) is 2.13. The van der Waals surface area contributed by atoms with E-state index in [0.717, 1.165) is 12.1 Å². The largest absolute Gasteiger partial charge is 0.416 e. The average molecular weight is 303 g/mol. The summed E-state index contributed by atoms with van der Waals surface area (Å²) in [5.41, 5.74) is -0.675. The van der Waals surface area contributed by atoms with Crippen LogP contribution in [0.3, 0.4) is 0 Å². The fourth-order valence-corrected chi connectivity index (χ4v) is 2.66. The van der Waals surface area contributed by atoms with E-state index in [9.17, 15) is 18.3 Å². The van der Waals surface area contributed by atoms with Gasteiger partial charge in [0, 0.05) is 38.4 Å². The molecule has 1 aliphatic rings. The lowest BCUT2D eigenvalue weighted by molar-refractivity contribution is -0.137. The number of β-amino-alcohol motifs (C(OH)–C–C–N with tert-alkyl or cyclic N) is 1. The van der Waals surface area contributed by atoms with Crippen LogP contribution in [0.1, 0.15) is 19.4 Å². The zero-order valence-corrected chi connectivity index (χ0v) is 12.1. The molecule has 0 bridgehead atoms. The summed E-state index contributed by atoms with van der Waals surface area (Å²) in [7, 11) is 0. The highest BCUT2D eigenvalue weighted by molar-refractivity contribution is 5.43. The Balaban J connectivity index is 2.10. The lowest BCUT2D eigenvalue weighted by Crippen LogP contribution is -2.53. The van der Waals surface area contributed by atoms with E-state index >= 15 is 0 Å². The minimum Gasteiger partial charge on any atom is -0.392 e. The third-order valence-corrected chi connectivity index (χ3v) is 3.60. The third-order valence-electron chi connectivity index (χ3n) is 3.60. The van der Waals surface area contributed by atoms with Crippen molar-refractivity contribution in [3.63, 3.8) is 0 Å². The standard InChI is InChI=1S/C14H20F3N3O/c1-10-8-19(9-11(2)21)5-6-20(10)13-7-12(3-4-18-13)14(15,16)17/h3-4,7,10-11,21H,5-6,8-9H2,1-2H3. The molecule has 21 heavy (non-hydrogen) atoms. The van der Waals surface area contributed by atoms with E-state index in [1.54, 1.807) is 6.92 Å². The van der Waals surface area contributed by atoms with Crippen LogP contribution >= 0.6 is 0 Å². The van der Waals surface area contributed by atoms with Crippen molar-refractivity contribution >= 4 is 5.82 Å². The normalized spacial score (nSPS) is 22.4. The van der Waals surface area contributed by atoms with Crippen molar-refractivity contribution in [2.45, 2.75) is 32.2 Å². The van der Waals surface area contributed by atoms with Gasteiger partial charge in [0.15, 0.2) is 0 Å². The highest BCUT2D eigenvalue weighted by Gasteiger charge is 2.32. The fourth-order valence-electron chi connectivity index (χ4n) is 2.66. The van der Waals surface area contributed by atoms with Gasteiger partial charge in [-0.05, 0) is 26.0 Å². The van der Waals surface area contributed by atoms with Crippen LogP contribution in [0.2, 0.25) is 0 Å². The zero-order chi connectivity index (χ0) is 15.6. The molecule has 0 aromatic carbocycles. The number of halogens is 3. The molecule has 2 rings (SSSR count). The van der Waals surface area contributed by atoms with E-state index in [1.165, 1.54) is 6.20 Å². The van der Waals surface area contributed by atoms with Gasteiger partial charge in [0.2, 0.25) is 0 Å². The van der Waals surface area contributed by atoms with Gasteiger partial charge in [-0.15, -0.1) is 0 Å². The second-order valence-corrected chi connectivity index (χ2v) is 5.55. The number of piperazine rings is 1. The monoisotopic (exact) mass is 303 g/mol. The molecule has 1 N–H and O–H groups in total. The van der Waals surface area contributed by atoms with Gasteiger partial charge in [-0.2, -0.15) is 13.2 Å². The number of hydrogen-bond acceptors (Lipinski definition) is 4. The number of rotatable bonds is 3. The molecule has 1 fully saturated rings. The molecule has 0 aliphatic carbocycles. The van der Waals surface area contributed by atoms with Crippen LogP contribution in [0.5, 0.6) is 0 Å². The van der Waals surface area contributed by atoms with Crippen molar-refractivity contribution in [2.75, 3.05) is 31.1 Å². The van der Waals surface area contributed by atoms with Crippen molar-refractivity contribution in [1.29, 1.82) is 0 Å². The van der Waals surface area contributed by atoms with Crippen LogP contribution in [0, 0.1) is 0 Å². The summed E-state index contributed by atoms with van der Waals surface area (Å²) in [6.45, 7) is 6.26. The second kappa shape index (κ2) is 6.19. The number of aliphatic hydroxyl groups is 1. The van der Waals surface area contributed by atoms with E-state index in [2.05, 4.69) is 9.88 Å². The van der Waals surface area contributed by atoms with Crippen LogP contribution in [0.15, 0.2) is 18.3 Å². The van der Waals surface area contributed by atoms with Crippen molar-refractivity contribution in [3.8, 4) is 0 Å². The van der Waals surface area contributed by atoms with Crippen molar-refractivity contribution in [1.82, 2.24) is 9.88 Å². The summed E-state index contributed by atoms with van der Waals surface area (Å²) >= 11 is 0. The Hall–Kier alpha value is -1.34. The average Bonchev–Trinajstić information content (AvgIpc) is 2.37. The molecular weight excluding hydrogens is 283 g/mol. The molecule has 2 atom stereocenters. The quantitative estimate of drug-likeness (QED) is 0.927. The number of aliphatic hydroxyl groups excluding tert-OH is 1. The molecule has 2 unspecified atom stereocenters. The molecule has 118 valence electrons. The van der Waals surface area contributed by atoms with E-state index in [1.807, 2.05) is 11.8 Å². The first-order valence-corrected chi connectivity index (χ1v) is 6.97. The lowest BCUT2D eigenvalue weighted by atomic mass is 10.1. The third kappa shape index (κ3) is 4.07. The van der Waals surface area contributed by atoms with Gasteiger partial charge in [-0.1, -0.05) is 0 Å². The van der Waals surface area contributed by atoms with E-state index < -0.39 is 17.8 Å². The molecule has 0 spiro atoms. The smallest absolute Gasteiger partial charge is 0.392 e. The van der Waals surface area contributed by atoms with Crippen LogP contribution in [0.25, 0.3) is 0 Å². The predicted octanol–water partition coefficient (Wildman–Crippen LogP) is 1.99. The Morgan fingerprint density at radius 3 is 2.71 bits per heavy atom. The molecule has 0 amide bonds. The summed E-state index contributed by atoms with van der Waals surface area (Å²) < 4.78 is 38.3. The SMILES string of the molecule is CC(O)CN1CCN(c2cc(C(F)(F)F)ccn2)C(C)C1. The number of pyridine rings is 1. The summed E-state index contributed by atoms with van der Waals surface area (Å²) in [5.74, 6) is 0.356. The van der Waals surface area contributed by atoms with E-state index in [-0.39, 0.29) is 6.04 Å². The number of aromatic nitrogens is 1. The molecule has 1 aromatic heterocycles. The summed E-state index contributed by atoms with van der Waals surface area (Å²) in [5, 5.41) is 9.41. The van der Waals surface area contributed by atoms with Gasteiger partial charge in [-0.25, -0.2) is 4.98 Å². The first-order chi connectivity index (χ1) is 9.77. The van der Waals surface area contributed by atoms with Gasteiger partial charge < -0.3 is 10.0 Å². The number of anilines is 1. The predicted molar refractivity (Wildman–Crippen MR) is 74.2 cm³/mol. The van der Waals surface area contributed by atoms with Gasteiger partial charge in [0.05, 0.1) is 11.7 Å². The van der Waals surface area contributed by atoms with Crippen LogP contribution < -0.4 is 4.90 Å². The Kier molecular flexibility index (Phi) is 4.73. The molecule has 7 heteroatoms. The van der Waals surface area contributed by atoms with Gasteiger partial charge in [-0.3, -0.25) is 4.90 Å². The number of nitrogens with zero attached hydrogens (tertiary/aromatic N) is 3. The Morgan fingerprint density at radius 2 is 2.14 bits per heavy atom. The Labute approximate surface area is 122 Å². The van der Waals surface area contributed by atoms with Crippen molar-refractivity contribution in [2.24, 2.45) is 0 Å². The van der Waals surface area contributed by atoms with Crippen molar-refractivity contribution in [3.05, 3.63) is 23.9 Å². The molecule has 4 nitrogen and oxygen atoms in total. The molecule has 1 aliphatic heterocycles. The number of alkyl halides is 3.